The van der Waals surface area contributed by atoms with Gasteiger partial charge in [-0.2, -0.15) is 0 Å². The van der Waals surface area contributed by atoms with Crippen LogP contribution in [0.2, 0.25) is 18.6 Å². The summed E-state index contributed by atoms with van der Waals surface area (Å²) in [6.07, 6.45) is 2.34. The number of aryl methyl sites for hydroxylation is 1. The van der Waals surface area contributed by atoms with Crippen molar-refractivity contribution in [2.45, 2.75) is 56.7 Å². The minimum atomic E-state index is -2.81. The van der Waals surface area contributed by atoms with Crippen LogP contribution < -0.4 is 15.0 Å². The highest BCUT2D eigenvalue weighted by atomic mass is 28.4. The first kappa shape index (κ1) is 26.6. The molecule has 2 aromatic carbocycles. The zero-order valence-electron chi connectivity index (χ0n) is 22.7. The fraction of sp³-hybridized carbons (Fsp3) is 0.429. The first-order valence-corrected chi connectivity index (χ1v) is 16.6. The zero-order chi connectivity index (χ0) is 28.2. The number of ether oxygens (including phenoxy) is 2. The van der Waals surface area contributed by atoms with Crippen LogP contribution in [0.4, 0.5) is 17.1 Å². The Hall–Kier alpha value is -3.58. The van der Waals surface area contributed by atoms with E-state index in [2.05, 4.69) is 15.6 Å². The van der Waals surface area contributed by atoms with Crippen molar-refractivity contribution in [1.29, 1.82) is 0 Å². The van der Waals surface area contributed by atoms with Crippen molar-refractivity contribution in [3.63, 3.8) is 0 Å². The molecule has 1 aromatic heterocycles. The third-order valence-corrected chi connectivity index (χ3v) is 10.8. The Balaban J connectivity index is 1.36. The minimum Gasteiger partial charge on any atom is -0.482 e. The van der Waals surface area contributed by atoms with E-state index in [4.69, 9.17) is 9.47 Å². The summed E-state index contributed by atoms with van der Waals surface area (Å²) in [4.78, 5) is 39.8. The van der Waals surface area contributed by atoms with Gasteiger partial charge in [0.1, 0.15) is 5.75 Å². The summed E-state index contributed by atoms with van der Waals surface area (Å²) in [7, 11) is -2.81. The lowest BCUT2D eigenvalue weighted by Gasteiger charge is -2.33. The molecule has 0 unspecified atom stereocenters. The number of para-hydroxylation sites is 2. The largest absolute Gasteiger partial charge is 0.482 e. The van der Waals surface area contributed by atoms with Gasteiger partial charge in [0.15, 0.2) is 20.5 Å². The highest BCUT2D eigenvalue weighted by molar-refractivity contribution is 6.71. The van der Waals surface area contributed by atoms with Gasteiger partial charge in [0.25, 0.3) is 11.8 Å². The second kappa shape index (κ2) is 9.80. The Bertz CT molecular complexity index is 1470. The molecule has 4 atom stereocenters. The van der Waals surface area contributed by atoms with Crippen LogP contribution in [0, 0.1) is 5.92 Å². The van der Waals surface area contributed by atoms with Crippen LogP contribution in [0.3, 0.4) is 0 Å². The summed E-state index contributed by atoms with van der Waals surface area (Å²) in [5.74, 6) is -0.189. The molecular formula is C28H33N5O6Si. The predicted octanol–water partition coefficient (Wildman–Crippen LogP) is 2.71. The van der Waals surface area contributed by atoms with Crippen molar-refractivity contribution in [2.24, 2.45) is 5.92 Å². The maximum absolute atomic E-state index is 13.7. The second-order valence-electron chi connectivity index (χ2n) is 11.3. The molecule has 6 rings (SSSR count). The second-order valence-corrected chi connectivity index (χ2v) is 15.2. The number of hydrogen-bond acceptors (Lipinski definition) is 8. The summed E-state index contributed by atoms with van der Waals surface area (Å²) in [5.41, 5.74) is 1.70. The van der Waals surface area contributed by atoms with Crippen molar-refractivity contribution in [3.05, 3.63) is 59.9 Å². The first-order valence-electron chi connectivity index (χ1n) is 13.5. The van der Waals surface area contributed by atoms with E-state index in [0.717, 1.165) is 0 Å². The lowest BCUT2D eigenvalue weighted by atomic mass is 9.82. The maximum atomic E-state index is 13.7. The Morgan fingerprint density at radius 2 is 2.00 bits per heavy atom. The standard InChI is InChI=1S/C28H33N5O6Si/c1-17-26(40(2,3)37)24(10-12-32-15-18(11-13-34)30-31-32)39-28(17)20-14-19(8-9-21(20)29-27(28)36)33-22-6-4-5-7-23(22)38-16-25(33)35/h4-9,14-15,17,24,26,34,37H,10-13,16H2,1-3H3,(H,29,36)/t17-,24+,26-,28+/m1/s1. The lowest BCUT2D eigenvalue weighted by molar-refractivity contribution is -0.143. The third-order valence-electron chi connectivity index (χ3n) is 8.28. The monoisotopic (exact) mass is 563 g/mol. The third kappa shape index (κ3) is 4.22. The van der Waals surface area contributed by atoms with Gasteiger partial charge in [-0.3, -0.25) is 19.2 Å². The van der Waals surface area contributed by atoms with E-state index in [1.165, 1.54) is 0 Å². The predicted molar refractivity (Wildman–Crippen MR) is 149 cm³/mol. The summed E-state index contributed by atoms with van der Waals surface area (Å²) in [6.45, 7) is 6.13. The number of carbonyl (C=O) groups is 2. The van der Waals surface area contributed by atoms with E-state index < -0.39 is 20.0 Å². The Labute approximate surface area is 232 Å². The topological polar surface area (TPSA) is 139 Å². The van der Waals surface area contributed by atoms with Crippen LogP contribution in [-0.2, 0) is 32.9 Å². The van der Waals surface area contributed by atoms with Gasteiger partial charge in [-0.15, -0.1) is 5.10 Å². The molecule has 3 N–H and O–H groups in total. The smallest absolute Gasteiger partial charge is 0.269 e. The van der Waals surface area contributed by atoms with Gasteiger partial charge in [-0.05, 0) is 49.8 Å². The Morgan fingerprint density at radius 1 is 1.20 bits per heavy atom. The maximum Gasteiger partial charge on any atom is 0.269 e. The van der Waals surface area contributed by atoms with Gasteiger partial charge in [0.05, 0.1) is 17.5 Å². The molecule has 3 aromatic rings. The number of aromatic nitrogens is 3. The number of benzene rings is 2. The number of aliphatic hydroxyl groups is 1. The van der Waals surface area contributed by atoms with Crippen LogP contribution in [0.1, 0.15) is 24.6 Å². The molecule has 1 saturated heterocycles. The minimum absolute atomic E-state index is 0.00498. The highest BCUT2D eigenvalue weighted by Crippen LogP contribution is 2.59. The molecule has 3 aliphatic heterocycles. The van der Waals surface area contributed by atoms with E-state index in [1.54, 1.807) is 21.8 Å². The van der Waals surface area contributed by atoms with Crippen molar-refractivity contribution in [2.75, 3.05) is 23.4 Å². The summed E-state index contributed by atoms with van der Waals surface area (Å²) >= 11 is 0. The van der Waals surface area contributed by atoms with Crippen LogP contribution in [-0.4, -0.2) is 64.3 Å². The average Bonchev–Trinajstić information content (AvgIpc) is 3.57. The van der Waals surface area contributed by atoms with E-state index in [9.17, 15) is 19.5 Å². The van der Waals surface area contributed by atoms with Gasteiger partial charge < -0.3 is 24.7 Å². The molecule has 3 aliphatic rings. The number of rotatable bonds is 7. The van der Waals surface area contributed by atoms with Gasteiger partial charge >= 0.3 is 0 Å². The van der Waals surface area contributed by atoms with Gasteiger partial charge in [0.2, 0.25) is 0 Å². The van der Waals surface area contributed by atoms with E-state index in [1.807, 2.05) is 56.4 Å². The average molecular weight is 564 g/mol. The van der Waals surface area contributed by atoms with E-state index in [0.29, 0.717) is 53.5 Å². The normalized spacial score (nSPS) is 25.6. The number of amides is 2. The SMILES string of the molecule is C[C@@H]1[C@@H]([Si](C)(C)O)[C@H](CCn2cc(CCO)nn2)O[C@@]12C(=O)Nc1ccc(N3C(=O)COc4ccccc43)cc12. The quantitative estimate of drug-likeness (QED) is 0.373. The summed E-state index contributed by atoms with van der Waals surface area (Å²) in [6, 6.07) is 12.8. The Kier molecular flexibility index (Phi) is 6.53. The molecule has 0 bridgehead atoms. The molecule has 4 heterocycles. The van der Waals surface area contributed by atoms with E-state index >= 15 is 0 Å². The number of aliphatic hydroxyl groups excluding tert-OH is 1. The zero-order valence-corrected chi connectivity index (χ0v) is 23.7. The molecule has 11 nitrogen and oxygen atoms in total. The van der Waals surface area contributed by atoms with Gasteiger partial charge in [0, 0.05) is 54.2 Å². The summed E-state index contributed by atoms with van der Waals surface area (Å²) < 4.78 is 14.1. The highest BCUT2D eigenvalue weighted by Gasteiger charge is 2.64. The lowest BCUT2D eigenvalue weighted by Crippen LogP contribution is -2.43. The number of nitrogens with zero attached hydrogens (tertiary/aromatic N) is 4. The van der Waals surface area contributed by atoms with Gasteiger partial charge in [-0.1, -0.05) is 24.3 Å². The van der Waals surface area contributed by atoms with Crippen LogP contribution in [0.15, 0.2) is 48.7 Å². The molecule has 12 heteroatoms. The molecule has 40 heavy (non-hydrogen) atoms. The number of nitrogens with one attached hydrogen (secondary N) is 1. The number of fused-ring (bicyclic) bond motifs is 3. The fourth-order valence-corrected chi connectivity index (χ4v) is 9.22. The van der Waals surface area contributed by atoms with Crippen molar-refractivity contribution < 1.29 is 29.0 Å². The number of carbonyl (C=O) groups excluding carboxylic acids is 2. The number of hydrogen-bond donors (Lipinski definition) is 3. The fourth-order valence-electron chi connectivity index (χ4n) is 6.62. The molecule has 210 valence electrons. The molecule has 0 radical (unpaired) electrons. The molecule has 0 aliphatic carbocycles. The van der Waals surface area contributed by atoms with Crippen LogP contribution in [0.5, 0.6) is 5.75 Å². The first-order chi connectivity index (χ1) is 19.1. The van der Waals surface area contributed by atoms with Crippen molar-refractivity contribution in [1.82, 2.24) is 15.0 Å². The van der Waals surface area contributed by atoms with Crippen LogP contribution >= 0.6 is 0 Å². The number of anilines is 3. The molecule has 0 saturated carbocycles. The van der Waals surface area contributed by atoms with Crippen LogP contribution in [0.25, 0.3) is 0 Å². The summed E-state index contributed by atoms with van der Waals surface area (Å²) in [5, 5.41) is 20.4. The molecule has 2 amide bonds. The molecule has 1 spiro atoms. The van der Waals surface area contributed by atoms with Gasteiger partial charge in [-0.25, -0.2) is 0 Å². The molecular weight excluding hydrogens is 530 g/mol. The van der Waals surface area contributed by atoms with Crippen molar-refractivity contribution >= 4 is 37.2 Å². The Morgan fingerprint density at radius 3 is 2.77 bits per heavy atom. The van der Waals surface area contributed by atoms with E-state index in [-0.39, 0.29) is 36.5 Å². The van der Waals surface area contributed by atoms with Crippen molar-refractivity contribution in [3.8, 4) is 5.75 Å². The molecule has 1 fully saturated rings.